The predicted molar refractivity (Wildman–Crippen MR) is 99.8 cm³/mol. The second-order valence-electron chi connectivity index (χ2n) is 7.77. The van der Waals surface area contributed by atoms with Crippen LogP contribution >= 0.6 is 0 Å². The fourth-order valence-corrected chi connectivity index (χ4v) is 3.13. The molecule has 0 aliphatic heterocycles. The lowest BCUT2D eigenvalue weighted by Crippen LogP contribution is -2.41. The van der Waals surface area contributed by atoms with Crippen LogP contribution in [0.25, 0.3) is 0 Å². The minimum Gasteiger partial charge on any atom is -0.481 e. The first-order valence-electron chi connectivity index (χ1n) is 10.0. The number of carboxylic acids is 1. The molecule has 3 nitrogen and oxygen atoms in total. The lowest BCUT2D eigenvalue weighted by molar-refractivity contribution is -0.890. The van der Waals surface area contributed by atoms with Crippen LogP contribution in [0.4, 0.5) is 0 Å². The Bertz CT molecular complexity index is 277. The Morgan fingerprint density at radius 2 is 1.09 bits per heavy atom. The van der Waals surface area contributed by atoms with Crippen molar-refractivity contribution < 1.29 is 14.4 Å². The molecular weight excluding hydrogens is 286 g/mol. The molecule has 0 radical (unpaired) electrons. The molecule has 0 bridgehead atoms. The standard InChI is InChI=1S/C20H41NO2/c1-4-5-6-7-8-9-12-15-18-21(2,3)19-16-13-10-11-14-17-20(22)23/h4-19H2,1-3H3/p+1. The Morgan fingerprint density at radius 1 is 0.696 bits per heavy atom. The smallest absolute Gasteiger partial charge is 0.303 e. The third-order valence-corrected chi connectivity index (χ3v) is 4.77. The number of rotatable bonds is 17. The van der Waals surface area contributed by atoms with Crippen LogP contribution in [0.5, 0.6) is 0 Å². The second kappa shape index (κ2) is 15.0. The van der Waals surface area contributed by atoms with Gasteiger partial charge in [-0.25, -0.2) is 0 Å². The van der Waals surface area contributed by atoms with Gasteiger partial charge in [-0.05, 0) is 32.1 Å². The Balaban J connectivity index is 3.38. The largest absolute Gasteiger partial charge is 0.481 e. The zero-order valence-corrected chi connectivity index (χ0v) is 16.1. The maximum atomic E-state index is 10.4. The quantitative estimate of drug-likeness (QED) is 0.277. The van der Waals surface area contributed by atoms with E-state index in [4.69, 9.17) is 5.11 Å². The summed E-state index contributed by atoms with van der Waals surface area (Å²) in [5, 5.41) is 8.59. The van der Waals surface area contributed by atoms with Gasteiger partial charge in [-0.2, -0.15) is 0 Å². The van der Waals surface area contributed by atoms with Crippen LogP contribution in [0.2, 0.25) is 0 Å². The van der Waals surface area contributed by atoms with E-state index in [2.05, 4.69) is 21.0 Å². The highest BCUT2D eigenvalue weighted by molar-refractivity contribution is 5.66. The summed E-state index contributed by atoms with van der Waals surface area (Å²) in [4.78, 5) is 10.4. The van der Waals surface area contributed by atoms with Gasteiger partial charge >= 0.3 is 5.97 Å². The van der Waals surface area contributed by atoms with Crippen LogP contribution in [0, 0.1) is 0 Å². The van der Waals surface area contributed by atoms with Gasteiger partial charge in [0, 0.05) is 6.42 Å². The van der Waals surface area contributed by atoms with E-state index in [9.17, 15) is 4.79 Å². The zero-order chi connectivity index (χ0) is 17.4. The fourth-order valence-electron chi connectivity index (χ4n) is 3.13. The normalized spacial score (nSPS) is 11.8. The molecule has 3 heteroatoms. The van der Waals surface area contributed by atoms with Crippen molar-refractivity contribution in [3.8, 4) is 0 Å². The Hall–Kier alpha value is -0.570. The molecule has 0 unspecified atom stereocenters. The van der Waals surface area contributed by atoms with Gasteiger partial charge in [0.25, 0.3) is 0 Å². The number of unbranched alkanes of at least 4 members (excludes halogenated alkanes) is 11. The molecule has 0 aliphatic rings. The lowest BCUT2D eigenvalue weighted by atomic mass is 10.1. The van der Waals surface area contributed by atoms with E-state index in [1.54, 1.807) is 0 Å². The van der Waals surface area contributed by atoms with Crippen LogP contribution in [-0.4, -0.2) is 42.7 Å². The fraction of sp³-hybridized carbons (Fsp3) is 0.950. The van der Waals surface area contributed by atoms with Crippen molar-refractivity contribution in [1.29, 1.82) is 0 Å². The van der Waals surface area contributed by atoms with Crippen LogP contribution in [-0.2, 0) is 4.79 Å². The first-order chi connectivity index (χ1) is 11.0. The molecule has 0 fully saturated rings. The summed E-state index contributed by atoms with van der Waals surface area (Å²) in [6.45, 7) is 4.83. The number of hydrogen-bond donors (Lipinski definition) is 1. The van der Waals surface area contributed by atoms with Crippen molar-refractivity contribution in [2.24, 2.45) is 0 Å². The molecule has 0 aromatic carbocycles. The topological polar surface area (TPSA) is 37.3 Å². The zero-order valence-electron chi connectivity index (χ0n) is 16.1. The van der Waals surface area contributed by atoms with Crippen LogP contribution in [0.15, 0.2) is 0 Å². The maximum Gasteiger partial charge on any atom is 0.303 e. The van der Waals surface area contributed by atoms with Gasteiger partial charge in [0.1, 0.15) is 0 Å². The summed E-state index contributed by atoms with van der Waals surface area (Å²) in [6.07, 6.45) is 17.1. The number of aliphatic carboxylic acids is 1. The van der Waals surface area contributed by atoms with Crippen molar-refractivity contribution >= 4 is 5.97 Å². The molecule has 0 heterocycles. The van der Waals surface area contributed by atoms with Crippen molar-refractivity contribution in [1.82, 2.24) is 0 Å². The first-order valence-corrected chi connectivity index (χ1v) is 10.0. The van der Waals surface area contributed by atoms with E-state index in [0.29, 0.717) is 6.42 Å². The van der Waals surface area contributed by atoms with Gasteiger partial charge in [-0.1, -0.05) is 58.3 Å². The Kier molecular flexibility index (Phi) is 14.6. The molecule has 138 valence electrons. The van der Waals surface area contributed by atoms with E-state index < -0.39 is 5.97 Å². The Labute approximate surface area is 145 Å². The second-order valence-corrected chi connectivity index (χ2v) is 7.77. The molecule has 0 aromatic heterocycles. The third kappa shape index (κ3) is 17.6. The minimum atomic E-state index is -0.659. The molecular formula is C20H42NO2+. The van der Waals surface area contributed by atoms with Gasteiger partial charge in [0.15, 0.2) is 0 Å². The number of carboxylic acid groups (broad SMARTS) is 1. The number of nitrogens with zero attached hydrogens (tertiary/aromatic N) is 1. The van der Waals surface area contributed by atoms with Crippen molar-refractivity contribution in [3.05, 3.63) is 0 Å². The summed E-state index contributed by atoms with van der Waals surface area (Å²) < 4.78 is 1.14. The van der Waals surface area contributed by atoms with E-state index in [0.717, 1.165) is 17.3 Å². The highest BCUT2D eigenvalue weighted by atomic mass is 16.4. The van der Waals surface area contributed by atoms with Crippen LogP contribution < -0.4 is 0 Å². The monoisotopic (exact) mass is 328 g/mol. The van der Waals surface area contributed by atoms with Crippen LogP contribution in [0.3, 0.4) is 0 Å². The molecule has 0 aliphatic carbocycles. The molecule has 0 saturated carbocycles. The summed E-state index contributed by atoms with van der Waals surface area (Å²) in [6, 6.07) is 0. The molecule has 0 saturated heterocycles. The highest BCUT2D eigenvalue weighted by Gasteiger charge is 2.13. The molecule has 1 N–H and O–H groups in total. The van der Waals surface area contributed by atoms with Crippen molar-refractivity contribution in [2.45, 2.75) is 96.8 Å². The van der Waals surface area contributed by atoms with E-state index in [1.165, 1.54) is 83.7 Å². The summed E-state index contributed by atoms with van der Waals surface area (Å²) in [5.41, 5.74) is 0. The predicted octanol–water partition coefficient (Wildman–Crippen LogP) is 5.63. The number of hydrogen-bond acceptors (Lipinski definition) is 1. The minimum absolute atomic E-state index is 0.333. The SMILES string of the molecule is CCCCCCCCCC[N+](C)(C)CCCCCCCC(=O)O. The first kappa shape index (κ1) is 22.4. The molecule has 23 heavy (non-hydrogen) atoms. The summed E-state index contributed by atoms with van der Waals surface area (Å²) in [5.74, 6) is -0.659. The molecule has 0 aromatic rings. The molecule has 0 spiro atoms. The number of quaternary nitrogens is 1. The molecule has 0 atom stereocenters. The highest BCUT2D eigenvalue weighted by Crippen LogP contribution is 2.12. The Morgan fingerprint density at radius 3 is 1.52 bits per heavy atom. The maximum absolute atomic E-state index is 10.4. The lowest BCUT2D eigenvalue weighted by Gasteiger charge is -2.30. The van der Waals surface area contributed by atoms with E-state index in [1.807, 2.05) is 0 Å². The van der Waals surface area contributed by atoms with Crippen LogP contribution in [0.1, 0.15) is 96.8 Å². The third-order valence-electron chi connectivity index (χ3n) is 4.77. The number of carbonyl (C=O) groups is 1. The van der Waals surface area contributed by atoms with Gasteiger partial charge in [0.2, 0.25) is 0 Å². The molecule has 0 amide bonds. The van der Waals surface area contributed by atoms with Gasteiger partial charge in [0.05, 0.1) is 27.2 Å². The summed E-state index contributed by atoms with van der Waals surface area (Å²) in [7, 11) is 4.71. The average Bonchev–Trinajstić information content (AvgIpc) is 2.48. The average molecular weight is 329 g/mol. The van der Waals surface area contributed by atoms with Gasteiger partial charge < -0.3 is 9.59 Å². The summed E-state index contributed by atoms with van der Waals surface area (Å²) >= 11 is 0. The van der Waals surface area contributed by atoms with E-state index >= 15 is 0 Å². The van der Waals surface area contributed by atoms with Gasteiger partial charge in [-0.15, -0.1) is 0 Å². The van der Waals surface area contributed by atoms with E-state index in [-0.39, 0.29) is 0 Å². The van der Waals surface area contributed by atoms with Crippen molar-refractivity contribution in [2.75, 3.05) is 27.2 Å². The molecule has 0 rings (SSSR count). The van der Waals surface area contributed by atoms with Gasteiger partial charge in [-0.3, -0.25) is 4.79 Å². The van der Waals surface area contributed by atoms with Crippen molar-refractivity contribution in [3.63, 3.8) is 0 Å².